The Bertz CT molecular complexity index is 1590. The Labute approximate surface area is 242 Å². The van der Waals surface area contributed by atoms with Gasteiger partial charge in [0.05, 0.1) is 17.2 Å². The summed E-state index contributed by atoms with van der Waals surface area (Å²) in [4.78, 5) is 38.6. The van der Waals surface area contributed by atoms with Crippen molar-refractivity contribution in [2.45, 2.75) is 63.9 Å². The van der Waals surface area contributed by atoms with Gasteiger partial charge in [0, 0.05) is 11.6 Å². The van der Waals surface area contributed by atoms with E-state index in [0.29, 0.717) is 5.39 Å². The minimum atomic E-state index is -4.42. The molecule has 1 fully saturated rings. The van der Waals surface area contributed by atoms with Gasteiger partial charge in [0.25, 0.3) is 5.56 Å². The van der Waals surface area contributed by atoms with Gasteiger partial charge in [0.15, 0.2) is 11.9 Å². The van der Waals surface area contributed by atoms with Gasteiger partial charge < -0.3 is 19.1 Å². The lowest BCUT2D eigenvalue weighted by Crippen LogP contribution is -2.44. The number of esters is 1. The number of benzene rings is 2. The Morgan fingerprint density at radius 2 is 1.93 bits per heavy atom. The zero-order valence-corrected chi connectivity index (χ0v) is 25.1. The van der Waals surface area contributed by atoms with Crippen molar-refractivity contribution in [1.82, 2.24) is 14.6 Å². The summed E-state index contributed by atoms with van der Waals surface area (Å²) in [7, 11) is -4.42. The summed E-state index contributed by atoms with van der Waals surface area (Å²) in [5, 5.41) is 14.7. The Morgan fingerprint density at radius 3 is 2.63 bits per heavy atom. The zero-order chi connectivity index (χ0) is 30.1. The van der Waals surface area contributed by atoms with E-state index in [1.165, 1.54) is 6.92 Å². The smallest absolute Gasteiger partial charge is 0.459 e. The van der Waals surface area contributed by atoms with Crippen LogP contribution in [0.2, 0.25) is 0 Å². The van der Waals surface area contributed by atoms with Crippen LogP contribution >= 0.6 is 23.7 Å². The number of nitrogens with zero attached hydrogens (tertiary/aromatic N) is 1. The van der Waals surface area contributed by atoms with E-state index in [9.17, 15) is 24.1 Å². The van der Waals surface area contributed by atoms with Crippen molar-refractivity contribution >= 4 is 40.4 Å². The first-order valence-corrected chi connectivity index (χ1v) is 15.0. The molecule has 6 atom stereocenters. The molecule has 2 aromatic carbocycles. The Morgan fingerprint density at radius 1 is 1.24 bits per heavy atom. The van der Waals surface area contributed by atoms with E-state index in [1.54, 1.807) is 38.1 Å². The Balaban J connectivity index is 1.61. The standard InChI is InChI=1S/C26H30BrFN3O9P/c1-14(2)38-23(34)15(3)30-41(36,40-19-11-7-9-16-8-5-6-10-17(16)19)37-13-20-21(32)26(4,28)24(39-20)31-12-18(27)22(33)29-25(31)35/h5-12,14-15,20-21,24,32H,13H2,1-4H3,(H,30,36)(H,29,33,35)/t15-,20-,21-,24?,26-,41-/m1/s1. The van der Waals surface area contributed by atoms with Crippen molar-refractivity contribution in [2.75, 3.05) is 6.61 Å². The molecule has 0 amide bonds. The molecule has 4 rings (SSSR count). The van der Waals surface area contributed by atoms with Gasteiger partial charge in [-0.25, -0.2) is 13.8 Å². The largest absolute Gasteiger partial charge is 0.462 e. The van der Waals surface area contributed by atoms with E-state index in [1.807, 2.05) is 23.2 Å². The number of alkyl halides is 1. The van der Waals surface area contributed by atoms with Crippen molar-refractivity contribution in [3.8, 4) is 5.75 Å². The number of rotatable bonds is 10. The van der Waals surface area contributed by atoms with Gasteiger partial charge in [-0.3, -0.25) is 23.7 Å². The van der Waals surface area contributed by atoms with Gasteiger partial charge in [-0.15, -0.1) is 0 Å². The van der Waals surface area contributed by atoms with Crippen molar-refractivity contribution < 1.29 is 37.4 Å². The predicted molar refractivity (Wildman–Crippen MR) is 150 cm³/mol. The number of halogens is 2. The monoisotopic (exact) mass is 657 g/mol. The number of aromatic amines is 1. The molecule has 12 nitrogen and oxygen atoms in total. The highest BCUT2D eigenvalue weighted by Crippen LogP contribution is 2.48. The molecule has 222 valence electrons. The third-order valence-corrected chi connectivity index (χ3v) is 8.52. The van der Waals surface area contributed by atoms with E-state index in [2.05, 4.69) is 21.0 Å². The number of nitrogens with one attached hydrogen (secondary N) is 2. The summed E-state index contributed by atoms with van der Waals surface area (Å²) in [6.45, 7) is 5.06. The molecular formula is C26H30BrFN3O9P. The molecule has 41 heavy (non-hydrogen) atoms. The number of ether oxygens (including phenoxy) is 2. The number of hydrogen-bond acceptors (Lipinski definition) is 9. The second-order valence-corrected chi connectivity index (χ2v) is 12.5. The quantitative estimate of drug-likeness (QED) is 0.217. The third-order valence-electron chi connectivity index (χ3n) is 6.33. The normalized spacial score (nSPS) is 24.7. The summed E-state index contributed by atoms with van der Waals surface area (Å²) in [5.41, 5.74) is -4.23. The van der Waals surface area contributed by atoms with Gasteiger partial charge in [0.2, 0.25) is 0 Å². The number of fused-ring (bicyclic) bond motifs is 1. The van der Waals surface area contributed by atoms with Crippen molar-refractivity contribution in [3.63, 3.8) is 0 Å². The van der Waals surface area contributed by atoms with Gasteiger partial charge in [-0.1, -0.05) is 36.4 Å². The molecule has 1 aliphatic rings. The van der Waals surface area contributed by atoms with Crippen molar-refractivity contribution in [3.05, 3.63) is 74.0 Å². The fourth-order valence-corrected chi connectivity index (χ4v) is 6.12. The van der Waals surface area contributed by atoms with Crippen LogP contribution in [0.15, 0.2) is 62.7 Å². The predicted octanol–water partition coefficient (Wildman–Crippen LogP) is 3.57. The molecular weight excluding hydrogens is 628 g/mol. The molecule has 1 saturated heterocycles. The Hall–Kier alpha value is -2.87. The molecule has 0 spiro atoms. The number of carbonyl (C=O) groups excluding carboxylic acids is 1. The highest BCUT2D eigenvalue weighted by molar-refractivity contribution is 9.10. The van der Waals surface area contributed by atoms with E-state index in [-0.39, 0.29) is 10.2 Å². The maximum absolute atomic E-state index is 15.7. The first kappa shape index (κ1) is 31.1. The van der Waals surface area contributed by atoms with Gasteiger partial charge in [-0.05, 0) is 55.1 Å². The Kier molecular flexibility index (Phi) is 9.22. The van der Waals surface area contributed by atoms with Crippen LogP contribution in [0.4, 0.5) is 4.39 Å². The topological polar surface area (TPSA) is 158 Å². The van der Waals surface area contributed by atoms with Crippen LogP contribution in [-0.4, -0.2) is 57.3 Å². The molecule has 3 aromatic rings. The van der Waals surface area contributed by atoms with Crippen LogP contribution in [0.1, 0.15) is 33.9 Å². The van der Waals surface area contributed by atoms with Crippen molar-refractivity contribution in [1.29, 1.82) is 0 Å². The molecule has 0 bridgehead atoms. The molecule has 1 unspecified atom stereocenters. The molecule has 1 aromatic heterocycles. The van der Waals surface area contributed by atoms with Gasteiger partial charge in [-0.2, -0.15) is 5.09 Å². The number of aliphatic hydroxyl groups is 1. The molecule has 0 radical (unpaired) electrons. The third kappa shape index (κ3) is 6.79. The van der Waals surface area contributed by atoms with Crippen LogP contribution in [0.25, 0.3) is 10.8 Å². The SMILES string of the molecule is CC(C)OC(=O)[C@@H](C)N[P@@](=O)(OC[C@H]1OC(n2cc(Br)c(=O)[nH]c2=O)[C@](C)(F)[C@@H]1O)Oc1cccc2ccccc12. The highest BCUT2D eigenvalue weighted by atomic mass is 79.9. The zero-order valence-electron chi connectivity index (χ0n) is 22.6. The maximum atomic E-state index is 15.7. The number of hydrogen-bond donors (Lipinski definition) is 3. The average Bonchev–Trinajstić information content (AvgIpc) is 3.13. The van der Waals surface area contributed by atoms with E-state index >= 15 is 4.39 Å². The lowest BCUT2D eigenvalue weighted by molar-refractivity contribution is -0.149. The van der Waals surface area contributed by atoms with E-state index in [4.69, 9.17) is 18.5 Å². The number of carbonyl (C=O) groups is 1. The van der Waals surface area contributed by atoms with Crippen LogP contribution in [0.3, 0.4) is 0 Å². The summed E-state index contributed by atoms with van der Waals surface area (Å²) in [5.74, 6) is -0.545. The molecule has 15 heteroatoms. The second-order valence-electron chi connectivity index (χ2n) is 9.96. The summed E-state index contributed by atoms with van der Waals surface area (Å²) >= 11 is 2.98. The van der Waals surface area contributed by atoms with Crippen LogP contribution in [0, 0.1) is 0 Å². The van der Waals surface area contributed by atoms with Crippen LogP contribution < -0.4 is 20.9 Å². The van der Waals surface area contributed by atoms with Crippen LogP contribution in [0.5, 0.6) is 5.75 Å². The molecule has 1 aliphatic heterocycles. The lowest BCUT2D eigenvalue weighted by Gasteiger charge is -2.26. The highest BCUT2D eigenvalue weighted by Gasteiger charge is 2.56. The van der Waals surface area contributed by atoms with Gasteiger partial charge in [0.1, 0.15) is 24.0 Å². The van der Waals surface area contributed by atoms with E-state index in [0.717, 1.165) is 23.1 Å². The molecule has 2 heterocycles. The number of H-pyrrole nitrogens is 1. The lowest BCUT2D eigenvalue weighted by atomic mass is 9.98. The summed E-state index contributed by atoms with van der Waals surface area (Å²) < 4.78 is 52.8. The molecule has 3 N–H and O–H groups in total. The number of aliphatic hydroxyl groups excluding tert-OH is 1. The molecule has 0 saturated carbocycles. The first-order valence-electron chi connectivity index (χ1n) is 12.7. The van der Waals surface area contributed by atoms with Gasteiger partial charge >= 0.3 is 19.4 Å². The fourth-order valence-electron chi connectivity index (χ4n) is 4.28. The first-order chi connectivity index (χ1) is 19.2. The number of aromatic nitrogens is 2. The minimum absolute atomic E-state index is 0.0647. The fraction of sp³-hybridized carbons (Fsp3) is 0.423. The van der Waals surface area contributed by atoms with Crippen LogP contribution in [-0.2, 0) is 23.4 Å². The van der Waals surface area contributed by atoms with Crippen molar-refractivity contribution in [2.24, 2.45) is 0 Å². The van der Waals surface area contributed by atoms with E-state index < -0.39 is 67.8 Å². The average molecular weight is 658 g/mol. The summed E-state index contributed by atoms with van der Waals surface area (Å²) in [6.07, 6.45) is -4.35. The maximum Gasteiger partial charge on any atom is 0.459 e. The second kappa shape index (κ2) is 12.2. The summed E-state index contributed by atoms with van der Waals surface area (Å²) in [6, 6.07) is 11.1. The minimum Gasteiger partial charge on any atom is -0.462 e. The molecule has 0 aliphatic carbocycles.